The molecule has 7 heteroatoms. The highest BCUT2D eigenvalue weighted by Gasteiger charge is 2.45. The number of esters is 1. The summed E-state index contributed by atoms with van der Waals surface area (Å²) in [4.78, 5) is 14.7. The Labute approximate surface area is 182 Å². The van der Waals surface area contributed by atoms with E-state index in [4.69, 9.17) is 4.74 Å². The molecule has 28 heavy (non-hydrogen) atoms. The summed E-state index contributed by atoms with van der Waals surface area (Å²) < 4.78 is 29.6. The lowest BCUT2D eigenvalue weighted by Crippen LogP contribution is -2.47. The number of carbonyl (C=O) groups is 1. The molecule has 0 aliphatic carbocycles. The number of unbranched alkanes of at least 4 members (excludes halogenated alkanes) is 1. The van der Waals surface area contributed by atoms with Gasteiger partial charge >= 0.3 is 5.97 Å². The first-order valence-electron chi connectivity index (χ1n) is 9.71. The van der Waals surface area contributed by atoms with Crippen LogP contribution < -0.4 is 0 Å². The summed E-state index contributed by atoms with van der Waals surface area (Å²) in [6, 6.07) is 8.47. The lowest BCUT2D eigenvalue weighted by molar-refractivity contribution is -0.146. The molecule has 0 spiro atoms. The molecule has 0 radical (unpaired) electrons. The zero-order valence-corrected chi connectivity index (χ0v) is 19.9. The first-order valence-corrected chi connectivity index (χ1v) is 12.7. The van der Waals surface area contributed by atoms with Crippen molar-refractivity contribution < 1.29 is 17.9 Å². The van der Waals surface area contributed by atoms with Crippen LogP contribution in [0.15, 0.2) is 30.3 Å². The van der Waals surface area contributed by atoms with Crippen molar-refractivity contribution in [1.82, 2.24) is 4.90 Å². The Hall–Kier alpha value is -0.930. The molecule has 1 atom stereocenters. The number of rotatable bonds is 9. The molecule has 0 amide bonds. The summed E-state index contributed by atoms with van der Waals surface area (Å²) in [7, 11) is -3.58. The Morgan fingerprint density at radius 1 is 1.29 bits per heavy atom. The molecule has 0 aromatic heterocycles. The lowest BCUT2D eigenvalue weighted by atomic mass is 9.99. The molecule has 1 aromatic carbocycles. The molecule has 0 saturated carbocycles. The van der Waals surface area contributed by atoms with Crippen LogP contribution in [0.2, 0.25) is 0 Å². The minimum atomic E-state index is -3.58. The van der Waals surface area contributed by atoms with Gasteiger partial charge in [-0.2, -0.15) is 0 Å². The van der Waals surface area contributed by atoms with Gasteiger partial charge in [0.15, 0.2) is 14.6 Å². The number of benzene rings is 1. The predicted octanol–water partition coefficient (Wildman–Crippen LogP) is 3.92. The van der Waals surface area contributed by atoms with E-state index in [0.29, 0.717) is 6.54 Å². The van der Waals surface area contributed by atoms with Crippen molar-refractivity contribution in [3.05, 3.63) is 39.5 Å². The number of carbonyl (C=O) groups excluding carboxylic acids is 1. The molecule has 1 unspecified atom stereocenters. The van der Waals surface area contributed by atoms with Crippen LogP contribution in [0.25, 0.3) is 5.57 Å². The summed E-state index contributed by atoms with van der Waals surface area (Å²) in [6.07, 6.45) is 6.11. The van der Waals surface area contributed by atoms with Crippen molar-refractivity contribution in [3.63, 3.8) is 0 Å². The minimum absolute atomic E-state index is 0.240. The van der Waals surface area contributed by atoms with Crippen LogP contribution in [-0.4, -0.2) is 56.5 Å². The van der Waals surface area contributed by atoms with Crippen molar-refractivity contribution in [1.29, 1.82) is 0 Å². The van der Waals surface area contributed by atoms with E-state index in [-0.39, 0.29) is 13.0 Å². The second-order valence-corrected chi connectivity index (χ2v) is 11.2. The van der Waals surface area contributed by atoms with Crippen LogP contribution in [0.4, 0.5) is 0 Å². The highest BCUT2D eigenvalue weighted by atomic mass is 127. The Morgan fingerprint density at radius 3 is 2.50 bits per heavy atom. The van der Waals surface area contributed by atoms with Crippen LogP contribution in [0.5, 0.6) is 0 Å². The maximum atomic E-state index is 12.5. The third-order valence-electron chi connectivity index (χ3n) is 5.39. The highest BCUT2D eigenvalue weighted by molar-refractivity contribution is 14.1. The third-order valence-corrected chi connectivity index (χ3v) is 8.12. The molecular formula is C21H30INO4S. The van der Waals surface area contributed by atoms with E-state index >= 15 is 0 Å². The normalized spacial score (nSPS) is 17.6. The zero-order valence-electron chi connectivity index (χ0n) is 16.9. The van der Waals surface area contributed by atoms with Gasteiger partial charge in [-0.05, 0) is 72.0 Å². The summed E-state index contributed by atoms with van der Waals surface area (Å²) in [5.41, 5.74) is 2.55. The molecule has 1 heterocycles. The lowest BCUT2D eigenvalue weighted by Gasteiger charge is -2.31. The Balaban J connectivity index is 1.98. The van der Waals surface area contributed by atoms with Gasteiger partial charge in [-0.25, -0.2) is 8.42 Å². The third kappa shape index (κ3) is 6.03. The number of hydrogen-bond donors (Lipinski definition) is 0. The van der Waals surface area contributed by atoms with Crippen LogP contribution in [0.3, 0.4) is 0 Å². The van der Waals surface area contributed by atoms with E-state index in [2.05, 4.69) is 57.8 Å². The fourth-order valence-corrected chi connectivity index (χ4v) is 4.30. The molecule has 1 aliphatic rings. The molecule has 0 saturated heterocycles. The number of halogens is 1. The molecule has 2 rings (SSSR count). The van der Waals surface area contributed by atoms with Crippen LogP contribution in [0, 0.1) is 3.57 Å². The van der Waals surface area contributed by atoms with E-state index in [1.807, 2.05) is 6.92 Å². The number of hydrogen-bond acceptors (Lipinski definition) is 5. The average Bonchev–Trinajstić information content (AvgIpc) is 2.66. The second-order valence-electron chi connectivity index (χ2n) is 7.53. The van der Waals surface area contributed by atoms with Crippen molar-refractivity contribution in [2.24, 2.45) is 0 Å². The molecule has 5 nitrogen and oxygen atoms in total. The summed E-state index contributed by atoms with van der Waals surface area (Å²) >= 11 is 2.30. The van der Waals surface area contributed by atoms with Crippen LogP contribution in [-0.2, 0) is 19.4 Å². The Kier molecular flexibility index (Phi) is 8.51. The quantitative estimate of drug-likeness (QED) is 0.281. The molecule has 156 valence electrons. The highest BCUT2D eigenvalue weighted by Crippen LogP contribution is 2.26. The Morgan fingerprint density at radius 2 is 1.96 bits per heavy atom. The first-order chi connectivity index (χ1) is 13.2. The van der Waals surface area contributed by atoms with Gasteiger partial charge in [0.1, 0.15) is 0 Å². The van der Waals surface area contributed by atoms with Gasteiger partial charge in [-0.15, -0.1) is 0 Å². The van der Waals surface area contributed by atoms with Crippen molar-refractivity contribution in [2.75, 3.05) is 32.5 Å². The maximum Gasteiger partial charge on any atom is 0.327 e. The number of nitrogens with zero attached hydrogens (tertiary/aromatic N) is 1. The van der Waals surface area contributed by atoms with Crippen LogP contribution >= 0.6 is 22.6 Å². The second kappa shape index (κ2) is 10.2. The smallest absolute Gasteiger partial charge is 0.327 e. The van der Waals surface area contributed by atoms with Gasteiger partial charge in [-0.3, -0.25) is 9.69 Å². The zero-order chi connectivity index (χ0) is 20.8. The van der Waals surface area contributed by atoms with Gasteiger partial charge in [0.25, 0.3) is 0 Å². The molecule has 0 fully saturated rings. The summed E-state index contributed by atoms with van der Waals surface area (Å²) in [6.45, 7) is 5.91. The van der Waals surface area contributed by atoms with Crippen molar-refractivity contribution in [3.8, 4) is 0 Å². The van der Waals surface area contributed by atoms with Crippen molar-refractivity contribution >= 4 is 44.0 Å². The topological polar surface area (TPSA) is 63.7 Å². The van der Waals surface area contributed by atoms with Gasteiger partial charge in [0.05, 0.1) is 6.61 Å². The van der Waals surface area contributed by atoms with E-state index in [1.54, 1.807) is 0 Å². The van der Waals surface area contributed by atoms with Gasteiger partial charge < -0.3 is 4.74 Å². The minimum Gasteiger partial charge on any atom is -0.465 e. The standard InChI is InChI=1S/C21H30INO4S/c1-4-5-16-27-20(24)21(2,28(3,25)26)12-15-23-13-10-18(11-14-23)17-6-8-19(22)9-7-17/h6-10H,4-5,11-16H2,1-3H3. The molecule has 0 bridgehead atoms. The van der Waals surface area contributed by atoms with Crippen LogP contribution in [0.1, 0.15) is 45.1 Å². The first kappa shape index (κ1) is 23.3. The van der Waals surface area contributed by atoms with E-state index < -0.39 is 20.6 Å². The predicted molar refractivity (Wildman–Crippen MR) is 122 cm³/mol. The van der Waals surface area contributed by atoms with Gasteiger partial charge in [-0.1, -0.05) is 31.6 Å². The summed E-state index contributed by atoms with van der Waals surface area (Å²) in [5.74, 6) is -0.629. The number of sulfone groups is 1. The monoisotopic (exact) mass is 519 g/mol. The van der Waals surface area contributed by atoms with Gasteiger partial charge in [0.2, 0.25) is 0 Å². The number of ether oxygens (including phenoxy) is 1. The van der Waals surface area contributed by atoms with E-state index in [0.717, 1.165) is 38.6 Å². The SMILES string of the molecule is CCCCOC(=O)C(C)(CCN1CC=C(c2ccc(I)cc2)CC1)S(C)(=O)=O. The molecular weight excluding hydrogens is 489 g/mol. The fourth-order valence-electron chi connectivity index (χ4n) is 3.11. The molecule has 1 aromatic rings. The molecule has 0 N–H and O–H groups in total. The average molecular weight is 519 g/mol. The largest absolute Gasteiger partial charge is 0.465 e. The van der Waals surface area contributed by atoms with E-state index in [9.17, 15) is 13.2 Å². The van der Waals surface area contributed by atoms with Gasteiger partial charge in [0, 0.05) is 29.5 Å². The van der Waals surface area contributed by atoms with E-state index in [1.165, 1.54) is 21.6 Å². The summed E-state index contributed by atoms with van der Waals surface area (Å²) in [5, 5.41) is 0. The maximum absolute atomic E-state index is 12.5. The van der Waals surface area contributed by atoms with Crippen molar-refractivity contribution in [2.45, 2.75) is 44.3 Å². The Bertz CT molecular complexity index is 804. The molecule has 1 aliphatic heterocycles. The fraction of sp³-hybridized carbons (Fsp3) is 0.571.